The third-order valence-electron chi connectivity index (χ3n) is 3.70. The molecule has 0 aliphatic rings. The third-order valence-corrected chi connectivity index (χ3v) is 3.70. The first-order valence-electron chi connectivity index (χ1n) is 7.54. The van der Waals surface area contributed by atoms with Crippen LogP contribution >= 0.6 is 0 Å². The number of carbonyl (C=O) groups is 3. The van der Waals surface area contributed by atoms with E-state index < -0.39 is 17.2 Å². The zero-order valence-electron chi connectivity index (χ0n) is 14.0. The highest BCUT2D eigenvalue weighted by molar-refractivity contribution is 5.98. The van der Waals surface area contributed by atoms with Gasteiger partial charge in [-0.2, -0.15) is 0 Å². The van der Waals surface area contributed by atoms with Gasteiger partial charge in [0.1, 0.15) is 0 Å². The number of Topliss-reactive ketones (excluding diaryl/α,β-unsaturated/α-hetero) is 1. The molecule has 1 aromatic carbocycles. The van der Waals surface area contributed by atoms with E-state index in [-0.39, 0.29) is 48.8 Å². The minimum absolute atomic E-state index is 0.0417. The molecule has 0 aliphatic heterocycles. The normalized spacial score (nSPS) is 11.0. The minimum atomic E-state index is -0.937. The molecule has 0 heterocycles. The van der Waals surface area contributed by atoms with E-state index >= 15 is 0 Å². The van der Waals surface area contributed by atoms with Crippen molar-refractivity contribution in [3.8, 4) is 5.75 Å². The fourth-order valence-electron chi connectivity index (χ4n) is 1.92. The van der Waals surface area contributed by atoms with Gasteiger partial charge in [-0.15, -0.1) is 0 Å². The number of carboxylic acids is 1. The van der Waals surface area contributed by atoms with Gasteiger partial charge >= 0.3 is 5.97 Å². The molecule has 24 heavy (non-hydrogen) atoms. The molecular weight excluding hydrogens is 317 g/mol. The van der Waals surface area contributed by atoms with Crippen LogP contribution in [0.3, 0.4) is 0 Å². The lowest BCUT2D eigenvalue weighted by Gasteiger charge is -2.18. The number of carboxylic acid groups (broad SMARTS) is 1. The Labute approximate surface area is 140 Å². The zero-order valence-corrected chi connectivity index (χ0v) is 14.0. The summed E-state index contributed by atoms with van der Waals surface area (Å²) in [4.78, 5) is 34.6. The Balaban J connectivity index is 2.43. The van der Waals surface area contributed by atoms with Gasteiger partial charge in [0.05, 0.1) is 12.5 Å². The number of amides is 1. The van der Waals surface area contributed by atoms with Crippen LogP contribution in [0.15, 0.2) is 18.2 Å². The molecule has 0 spiro atoms. The number of benzene rings is 1. The number of ether oxygens (including phenoxy) is 1. The lowest BCUT2D eigenvalue weighted by molar-refractivity contribution is -0.147. The summed E-state index contributed by atoms with van der Waals surface area (Å²) < 4.78 is 18.3. The molecule has 0 unspecified atom stereocenters. The van der Waals surface area contributed by atoms with Gasteiger partial charge in [-0.05, 0) is 38.5 Å². The van der Waals surface area contributed by atoms with E-state index in [2.05, 4.69) is 5.32 Å². The molecule has 1 aromatic rings. The number of carbonyl (C=O) groups excluding carboxylic acids is 2. The zero-order chi connectivity index (χ0) is 18.3. The van der Waals surface area contributed by atoms with Gasteiger partial charge in [0.15, 0.2) is 17.3 Å². The Bertz CT molecular complexity index is 627. The third kappa shape index (κ3) is 5.64. The Kier molecular flexibility index (Phi) is 6.88. The van der Waals surface area contributed by atoms with Gasteiger partial charge in [0, 0.05) is 24.9 Å². The lowest BCUT2D eigenvalue weighted by atomic mass is 9.90. The largest absolute Gasteiger partial charge is 0.494 e. The molecule has 0 saturated carbocycles. The monoisotopic (exact) mass is 339 g/mol. The van der Waals surface area contributed by atoms with Crippen molar-refractivity contribution < 1.29 is 28.6 Å². The number of nitrogens with one attached hydrogen (secondary N) is 1. The highest BCUT2D eigenvalue weighted by atomic mass is 19.1. The van der Waals surface area contributed by atoms with Gasteiger partial charge in [0.25, 0.3) is 0 Å². The van der Waals surface area contributed by atoms with Crippen LogP contribution in [0.5, 0.6) is 5.75 Å². The molecule has 0 aliphatic carbocycles. The van der Waals surface area contributed by atoms with Crippen LogP contribution in [0.1, 0.15) is 43.5 Å². The maximum Gasteiger partial charge on any atom is 0.309 e. The average molecular weight is 339 g/mol. The summed E-state index contributed by atoms with van der Waals surface area (Å²) in [5.74, 6) is -2.22. The standard InChI is InChI=1S/C17H22FNO5/c1-17(2,16(22)23)8-9-19-15(21)7-5-13(20)11-4-6-14(24-3)12(18)10-11/h4,6,10H,5,7-9H2,1-3H3,(H,19,21)(H,22,23). The second-order valence-electron chi connectivity index (χ2n) is 6.06. The van der Waals surface area contributed by atoms with E-state index in [0.29, 0.717) is 0 Å². The molecule has 2 N–H and O–H groups in total. The molecule has 1 rings (SSSR count). The van der Waals surface area contributed by atoms with Crippen LogP contribution in [-0.2, 0) is 9.59 Å². The van der Waals surface area contributed by atoms with Crippen LogP contribution < -0.4 is 10.1 Å². The van der Waals surface area contributed by atoms with E-state index in [1.165, 1.54) is 19.2 Å². The Hall–Kier alpha value is -2.44. The fourth-order valence-corrected chi connectivity index (χ4v) is 1.92. The van der Waals surface area contributed by atoms with Crippen LogP contribution in [0.2, 0.25) is 0 Å². The predicted molar refractivity (Wildman–Crippen MR) is 85.6 cm³/mol. The van der Waals surface area contributed by atoms with E-state index in [0.717, 1.165) is 6.07 Å². The number of hydrogen-bond acceptors (Lipinski definition) is 4. The van der Waals surface area contributed by atoms with Crippen LogP contribution in [0.4, 0.5) is 4.39 Å². The topological polar surface area (TPSA) is 92.7 Å². The van der Waals surface area contributed by atoms with Crippen molar-refractivity contribution in [2.24, 2.45) is 5.41 Å². The van der Waals surface area contributed by atoms with Crippen molar-refractivity contribution in [2.45, 2.75) is 33.1 Å². The maximum absolute atomic E-state index is 13.5. The van der Waals surface area contributed by atoms with Crippen LogP contribution in [0, 0.1) is 11.2 Å². The first kappa shape index (κ1) is 19.6. The van der Waals surface area contributed by atoms with Gasteiger partial charge in [-0.25, -0.2) is 4.39 Å². The van der Waals surface area contributed by atoms with Gasteiger partial charge in [-0.3, -0.25) is 14.4 Å². The Morgan fingerprint density at radius 2 is 1.92 bits per heavy atom. The second kappa shape index (κ2) is 8.42. The molecule has 0 saturated heterocycles. The highest BCUT2D eigenvalue weighted by Gasteiger charge is 2.26. The maximum atomic E-state index is 13.5. The molecule has 6 nitrogen and oxygen atoms in total. The molecule has 0 radical (unpaired) electrons. The van der Waals surface area contributed by atoms with E-state index in [1.54, 1.807) is 13.8 Å². The second-order valence-corrected chi connectivity index (χ2v) is 6.06. The molecule has 132 valence electrons. The van der Waals surface area contributed by atoms with E-state index in [1.807, 2.05) is 0 Å². The van der Waals surface area contributed by atoms with Gasteiger partial charge < -0.3 is 15.2 Å². The quantitative estimate of drug-likeness (QED) is 0.674. The van der Waals surface area contributed by atoms with Crippen molar-refractivity contribution in [3.05, 3.63) is 29.6 Å². The number of methoxy groups -OCH3 is 1. The summed E-state index contributed by atoms with van der Waals surface area (Å²) in [6.45, 7) is 3.36. The summed E-state index contributed by atoms with van der Waals surface area (Å²) >= 11 is 0. The molecule has 0 atom stereocenters. The highest BCUT2D eigenvalue weighted by Crippen LogP contribution is 2.20. The molecule has 0 bridgehead atoms. The molecule has 1 amide bonds. The van der Waals surface area contributed by atoms with Crippen molar-refractivity contribution in [3.63, 3.8) is 0 Å². The SMILES string of the molecule is COc1ccc(C(=O)CCC(=O)NCCC(C)(C)C(=O)O)cc1F. The fraction of sp³-hybridized carbons (Fsp3) is 0.471. The molecule has 7 heteroatoms. The summed E-state index contributed by atoms with van der Waals surface area (Å²) in [6, 6.07) is 3.88. The van der Waals surface area contributed by atoms with Crippen molar-refractivity contribution in [1.82, 2.24) is 5.32 Å². The van der Waals surface area contributed by atoms with Crippen LogP contribution in [0.25, 0.3) is 0 Å². The summed E-state index contributed by atoms with van der Waals surface area (Å²) in [7, 11) is 1.33. The minimum Gasteiger partial charge on any atom is -0.494 e. The van der Waals surface area contributed by atoms with Crippen LogP contribution in [-0.4, -0.2) is 36.4 Å². The average Bonchev–Trinajstić information content (AvgIpc) is 2.52. The van der Waals surface area contributed by atoms with Gasteiger partial charge in [-0.1, -0.05) is 0 Å². The number of ketones is 1. The van der Waals surface area contributed by atoms with Crippen molar-refractivity contribution in [1.29, 1.82) is 0 Å². The Morgan fingerprint density at radius 1 is 1.25 bits per heavy atom. The summed E-state index contributed by atoms with van der Waals surface area (Å²) in [6.07, 6.45) is 0.186. The molecular formula is C17H22FNO5. The smallest absolute Gasteiger partial charge is 0.309 e. The number of aliphatic carboxylic acids is 1. The molecule has 0 fully saturated rings. The summed E-state index contributed by atoms with van der Waals surface area (Å²) in [5.41, 5.74) is -0.753. The number of rotatable bonds is 9. The van der Waals surface area contributed by atoms with E-state index in [4.69, 9.17) is 9.84 Å². The number of halogens is 1. The summed E-state index contributed by atoms with van der Waals surface area (Å²) in [5, 5.41) is 11.6. The predicted octanol–water partition coefficient (Wildman–Crippen LogP) is 2.41. The Morgan fingerprint density at radius 3 is 2.46 bits per heavy atom. The molecule has 0 aromatic heterocycles. The van der Waals surface area contributed by atoms with Gasteiger partial charge in [0.2, 0.25) is 5.91 Å². The first-order chi connectivity index (χ1) is 11.2. The van der Waals surface area contributed by atoms with Crippen molar-refractivity contribution >= 4 is 17.7 Å². The van der Waals surface area contributed by atoms with E-state index in [9.17, 15) is 18.8 Å². The first-order valence-corrected chi connectivity index (χ1v) is 7.54. The number of hydrogen-bond donors (Lipinski definition) is 2. The van der Waals surface area contributed by atoms with Crippen molar-refractivity contribution in [2.75, 3.05) is 13.7 Å². The lowest BCUT2D eigenvalue weighted by Crippen LogP contribution is -2.32.